The van der Waals surface area contributed by atoms with Crippen LogP contribution in [0.15, 0.2) is 47.5 Å². The molecule has 0 fully saturated rings. The van der Waals surface area contributed by atoms with Gasteiger partial charge in [-0.1, -0.05) is 19.1 Å². The number of hydrogen-bond acceptors (Lipinski definition) is 6. The SMILES string of the molecule is CCc1nc2c(OCc3ccc(S(C)(=O)=O)cc3)cccn2c1N(CCOC)C(C)=O. The first-order valence-electron chi connectivity index (χ1n) is 9.95. The summed E-state index contributed by atoms with van der Waals surface area (Å²) in [6.07, 6.45) is 3.69. The highest BCUT2D eigenvalue weighted by Gasteiger charge is 2.22. The molecule has 0 saturated heterocycles. The number of amides is 1. The summed E-state index contributed by atoms with van der Waals surface area (Å²) in [6.45, 7) is 4.60. The molecule has 0 bridgehead atoms. The van der Waals surface area contributed by atoms with E-state index in [2.05, 4.69) is 0 Å². The molecule has 1 amide bonds. The normalized spacial score (nSPS) is 11.6. The van der Waals surface area contributed by atoms with E-state index in [1.54, 1.807) is 36.3 Å². The van der Waals surface area contributed by atoms with Crippen LogP contribution in [-0.4, -0.2) is 50.2 Å². The number of aryl methyl sites for hydroxylation is 1. The zero-order valence-electron chi connectivity index (χ0n) is 18.2. The third-order valence-corrected chi connectivity index (χ3v) is 6.02. The van der Waals surface area contributed by atoms with Gasteiger partial charge in [0, 0.05) is 26.5 Å². The lowest BCUT2D eigenvalue weighted by atomic mass is 10.2. The molecular formula is C22H27N3O5S. The molecule has 3 aromatic rings. The smallest absolute Gasteiger partial charge is 0.225 e. The number of nitrogens with zero attached hydrogens (tertiary/aromatic N) is 3. The number of carbonyl (C=O) groups excluding carboxylic acids is 1. The second-order valence-electron chi connectivity index (χ2n) is 7.17. The van der Waals surface area contributed by atoms with Gasteiger partial charge in [0.05, 0.1) is 23.7 Å². The Morgan fingerprint density at radius 2 is 1.90 bits per heavy atom. The van der Waals surface area contributed by atoms with Gasteiger partial charge in [-0.3, -0.25) is 14.1 Å². The average Bonchev–Trinajstić information content (AvgIpc) is 3.11. The Kier molecular flexibility index (Phi) is 6.97. The summed E-state index contributed by atoms with van der Waals surface area (Å²) >= 11 is 0. The Morgan fingerprint density at radius 3 is 2.48 bits per heavy atom. The Morgan fingerprint density at radius 1 is 1.19 bits per heavy atom. The molecule has 0 atom stereocenters. The third-order valence-electron chi connectivity index (χ3n) is 4.89. The fraction of sp³-hybridized carbons (Fsp3) is 0.364. The third kappa shape index (κ3) is 5.05. The van der Waals surface area contributed by atoms with Gasteiger partial charge >= 0.3 is 0 Å². The van der Waals surface area contributed by atoms with Crippen molar-refractivity contribution < 1.29 is 22.7 Å². The molecule has 0 spiro atoms. The van der Waals surface area contributed by atoms with E-state index in [1.165, 1.54) is 13.2 Å². The predicted octanol–water partition coefficient (Wildman–Crippen LogP) is 2.88. The van der Waals surface area contributed by atoms with E-state index < -0.39 is 9.84 Å². The van der Waals surface area contributed by atoms with E-state index in [1.807, 2.05) is 29.7 Å². The standard InChI is InChI=1S/C22H27N3O5S/c1-5-19-22(24(16(2)26)13-14-29-3)25-12-6-7-20(21(25)23-19)30-15-17-8-10-18(11-9-17)31(4,27)28/h6-12H,5,13-15H2,1-4H3. The number of hydrogen-bond donors (Lipinski definition) is 0. The van der Waals surface area contributed by atoms with Crippen LogP contribution in [0.25, 0.3) is 5.65 Å². The van der Waals surface area contributed by atoms with Gasteiger partial charge in [0.15, 0.2) is 21.2 Å². The monoisotopic (exact) mass is 445 g/mol. The molecular weight excluding hydrogens is 418 g/mol. The molecule has 3 rings (SSSR count). The van der Waals surface area contributed by atoms with E-state index in [-0.39, 0.29) is 17.4 Å². The summed E-state index contributed by atoms with van der Waals surface area (Å²) in [5, 5.41) is 0. The molecule has 0 radical (unpaired) electrons. The number of sulfone groups is 1. The summed E-state index contributed by atoms with van der Waals surface area (Å²) in [4.78, 5) is 19.0. The Hall–Kier alpha value is -2.91. The van der Waals surface area contributed by atoms with E-state index in [9.17, 15) is 13.2 Å². The first-order chi connectivity index (χ1) is 14.8. The van der Waals surface area contributed by atoms with Crippen molar-refractivity contribution >= 4 is 27.2 Å². The minimum Gasteiger partial charge on any atom is -0.485 e. The lowest BCUT2D eigenvalue weighted by Crippen LogP contribution is -2.33. The molecule has 0 aliphatic heterocycles. The maximum Gasteiger partial charge on any atom is 0.225 e. The van der Waals surface area contributed by atoms with Gasteiger partial charge in [0.25, 0.3) is 0 Å². The summed E-state index contributed by atoms with van der Waals surface area (Å²) in [6, 6.07) is 10.3. The number of imidazole rings is 1. The van der Waals surface area contributed by atoms with Crippen LogP contribution in [0.3, 0.4) is 0 Å². The number of fused-ring (bicyclic) bond motifs is 1. The molecule has 0 unspecified atom stereocenters. The topological polar surface area (TPSA) is 90.2 Å². The van der Waals surface area contributed by atoms with Crippen molar-refractivity contribution in [3.05, 3.63) is 53.9 Å². The molecule has 9 heteroatoms. The van der Waals surface area contributed by atoms with Crippen LogP contribution >= 0.6 is 0 Å². The van der Waals surface area contributed by atoms with Gasteiger partial charge in [-0.15, -0.1) is 0 Å². The summed E-state index contributed by atoms with van der Waals surface area (Å²) in [7, 11) is -1.64. The van der Waals surface area contributed by atoms with Crippen molar-refractivity contribution in [3.63, 3.8) is 0 Å². The number of benzene rings is 1. The second kappa shape index (κ2) is 9.49. The molecule has 8 nitrogen and oxygen atoms in total. The number of aromatic nitrogens is 2. The Balaban J connectivity index is 1.92. The van der Waals surface area contributed by atoms with Crippen molar-refractivity contribution in [2.75, 3.05) is 31.4 Å². The van der Waals surface area contributed by atoms with Crippen LogP contribution in [0, 0.1) is 0 Å². The quantitative estimate of drug-likeness (QED) is 0.503. The van der Waals surface area contributed by atoms with Crippen LogP contribution in [0.4, 0.5) is 5.82 Å². The minimum absolute atomic E-state index is 0.0918. The van der Waals surface area contributed by atoms with Crippen LogP contribution in [0.2, 0.25) is 0 Å². The molecule has 0 saturated carbocycles. The van der Waals surface area contributed by atoms with Crippen LogP contribution < -0.4 is 9.64 Å². The molecule has 0 aliphatic carbocycles. The minimum atomic E-state index is -3.24. The number of rotatable bonds is 9. The molecule has 2 aromatic heterocycles. The van der Waals surface area contributed by atoms with E-state index in [0.717, 1.165) is 11.3 Å². The maximum absolute atomic E-state index is 12.3. The average molecular weight is 446 g/mol. The van der Waals surface area contributed by atoms with E-state index in [4.69, 9.17) is 14.5 Å². The fourth-order valence-corrected chi connectivity index (χ4v) is 3.93. The molecule has 0 N–H and O–H groups in total. The molecule has 166 valence electrons. The van der Waals surface area contributed by atoms with Gasteiger partial charge in [0.2, 0.25) is 5.91 Å². The zero-order chi connectivity index (χ0) is 22.6. The molecule has 0 aliphatic rings. The van der Waals surface area contributed by atoms with Crippen LogP contribution in [-0.2, 0) is 32.4 Å². The maximum atomic E-state index is 12.3. The van der Waals surface area contributed by atoms with E-state index >= 15 is 0 Å². The molecule has 1 aromatic carbocycles. The van der Waals surface area contributed by atoms with Gasteiger partial charge in [-0.2, -0.15) is 0 Å². The second-order valence-corrected chi connectivity index (χ2v) is 9.19. The largest absolute Gasteiger partial charge is 0.485 e. The Labute approximate surface area is 182 Å². The fourth-order valence-electron chi connectivity index (χ4n) is 3.30. The number of pyridine rings is 1. The number of carbonyl (C=O) groups is 1. The van der Waals surface area contributed by atoms with Crippen molar-refractivity contribution in [2.24, 2.45) is 0 Å². The number of ether oxygens (including phenoxy) is 2. The van der Waals surface area contributed by atoms with Gasteiger partial charge in [-0.25, -0.2) is 13.4 Å². The highest BCUT2D eigenvalue weighted by atomic mass is 32.2. The highest BCUT2D eigenvalue weighted by Crippen LogP contribution is 2.29. The van der Waals surface area contributed by atoms with Gasteiger partial charge in [0.1, 0.15) is 12.4 Å². The first-order valence-corrected chi connectivity index (χ1v) is 11.8. The highest BCUT2D eigenvalue weighted by molar-refractivity contribution is 7.90. The molecule has 2 heterocycles. The molecule has 31 heavy (non-hydrogen) atoms. The van der Waals surface area contributed by atoms with Gasteiger partial charge < -0.3 is 9.47 Å². The van der Waals surface area contributed by atoms with Crippen molar-refractivity contribution in [2.45, 2.75) is 31.8 Å². The van der Waals surface area contributed by atoms with Crippen LogP contribution in [0.1, 0.15) is 25.1 Å². The van der Waals surface area contributed by atoms with Gasteiger partial charge in [-0.05, 0) is 36.2 Å². The van der Waals surface area contributed by atoms with Crippen molar-refractivity contribution in [1.82, 2.24) is 9.38 Å². The lowest BCUT2D eigenvalue weighted by Gasteiger charge is -2.21. The first kappa shape index (κ1) is 22.8. The lowest BCUT2D eigenvalue weighted by molar-refractivity contribution is -0.116. The number of methoxy groups -OCH3 is 1. The van der Waals surface area contributed by atoms with Crippen molar-refractivity contribution in [3.8, 4) is 5.75 Å². The summed E-state index contributed by atoms with van der Waals surface area (Å²) in [5.41, 5.74) is 2.24. The van der Waals surface area contributed by atoms with E-state index in [0.29, 0.717) is 36.8 Å². The Bertz CT molecular complexity index is 1170. The van der Waals surface area contributed by atoms with Crippen LogP contribution in [0.5, 0.6) is 5.75 Å². The van der Waals surface area contributed by atoms with Crippen molar-refractivity contribution in [1.29, 1.82) is 0 Å². The number of anilines is 1. The summed E-state index contributed by atoms with van der Waals surface area (Å²) < 4.78 is 36.3. The predicted molar refractivity (Wildman–Crippen MR) is 118 cm³/mol. The summed E-state index contributed by atoms with van der Waals surface area (Å²) in [5.74, 6) is 1.20. The zero-order valence-corrected chi connectivity index (χ0v) is 19.0.